The van der Waals surface area contributed by atoms with Crippen LogP contribution in [0.3, 0.4) is 0 Å². The van der Waals surface area contributed by atoms with Gasteiger partial charge in [0.05, 0.1) is 12.0 Å². The van der Waals surface area contributed by atoms with Gasteiger partial charge in [-0.05, 0) is 30.2 Å². The molecule has 0 radical (unpaired) electrons. The van der Waals surface area contributed by atoms with Crippen molar-refractivity contribution in [2.75, 3.05) is 0 Å². The van der Waals surface area contributed by atoms with Crippen LogP contribution in [-0.4, -0.2) is 15.5 Å². The van der Waals surface area contributed by atoms with Crippen LogP contribution in [0.2, 0.25) is 0 Å². The first-order valence-electron chi connectivity index (χ1n) is 10.7. The lowest BCUT2D eigenvalue weighted by Gasteiger charge is -2.10. The maximum Gasteiger partial charge on any atom is 0.254 e. The summed E-state index contributed by atoms with van der Waals surface area (Å²) in [6.07, 6.45) is 1.41. The minimum Gasteiger partial charge on any atom is -0.489 e. The van der Waals surface area contributed by atoms with Crippen LogP contribution in [0.25, 0.3) is 11.3 Å². The van der Waals surface area contributed by atoms with Crippen LogP contribution in [0, 0.1) is 6.92 Å². The van der Waals surface area contributed by atoms with E-state index < -0.39 is 0 Å². The zero-order valence-electron chi connectivity index (χ0n) is 18.4. The highest BCUT2D eigenvalue weighted by Crippen LogP contribution is 2.16. The van der Waals surface area contributed by atoms with Gasteiger partial charge in [-0.1, -0.05) is 72.3 Å². The van der Waals surface area contributed by atoms with Crippen LogP contribution >= 0.6 is 0 Å². The highest BCUT2D eigenvalue weighted by molar-refractivity contribution is 5.75. The molecule has 0 fully saturated rings. The Bertz CT molecular complexity index is 1260. The number of aromatic nitrogens is 2. The van der Waals surface area contributed by atoms with E-state index in [0.29, 0.717) is 18.8 Å². The summed E-state index contributed by atoms with van der Waals surface area (Å²) in [6, 6.07) is 26.8. The van der Waals surface area contributed by atoms with Gasteiger partial charge in [0.1, 0.15) is 18.9 Å². The van der Waals surface area contributed by atoms with Gasteiger partial charge < -0.3 is 10.1 Å². The summed E-state index contributed by atoms with van der Waals surface area (Å²) in [5.41, 5.74) is 4.37. The quantitative estimate of drug-likeness (QED) is 0.448. The number of nitrogens with zero attached hydrogens (tertiary/aromatic N) is 2. The molecule has 0 atom stereocenters. The molecule has 0 saturated carbocycles. The van der Waals surface area contributed by atoms with Gasteiger partial charge in [0.15, 0.2) is 0 Å². The van der Waals surface area contributed by atoms with Crippen LogP contribution in [0.15, 0.2) is 96.1 Å². The third kappa shape index (κ3) is 6.17. The SMILES string of the molecule is Cc1ccc(-c2cc(=O)n(CC(=O)NCc3ccc(OCc4ccccc4)cc3)cn2)cc1. The topological polar surface area (TPSA) is 73.2 Å². The van der Waals surface area contributed by atoms with Gasteiger partial charge in [-0.25, -0.2) is 4.98 Å². The van der Waals surface area contributed by atoms with Gasteiger partial charge in [0.2, 0.25) is 5.91 Å². The van der Waals surface area contributed by atoms with Crippen molar-refractivity contribution in [3.05, 3.63) is 118 Å². The molecule has 166 valence electrons. The second-order valence-corrected chi connectivity index (χ2v) is 7.80. The summed E-state index contributed by atoms with van der Waals surface area (Å²) < 4.78 is 7.08. The molecule has 3 aromatic carbocycles. The Morgan fingerprint density at radius 1 is 0.939 bits per heavy atom. The number of hydrogen-bond donors (Lipinski definition) is 1. The van der Waals surface area contributed by atoms with E-state index in [4.69, 9.17) is 4.74 Å². The Balaban J connectivity index is 1.28. The molecule has 4 aromatic rings. The third-order valence-electron chi connectivity index (χ3n) is 5.20. The molecule has 6 nitrogen and oxygen atoms in total. The fraction of sp³-hybridized carbons (Fsp3) is 0.148. The molecule has 0 aliphatic rings. The second kappa shape index (κ2) is 10.4. The molecule has 0 saturated heterocycles. The van der Waals surface area contributed by atoms with Crippen molar-refractivity contribution in [1.82, 2.24) is 14.9 Å². The number of ether oxygens (including phenoxy) is 1. The molecule has 1 N–H and O–H groups in total. The number of benzene rings is 3. The summed E-state index contributed by atoms with van der Waals surface area (Å²) in [7, 11) is 0. The maximum atomic E-state index is 12.4. The van der Waals surface area contributed by atoms with Crippen molar-refractivity contribution >= 4 is 5.91 Å². The molecule has 1 heterocycles. The Hall–Kier alpha value is -4.19. The molecule has 0 aliphatic carbocycles. The summed E-state index contributed by atoms with van der Waals surface area (Å²) in [4.78, 5) is 29.1. The Morgan fingerprint density at radius 3 is 2.36 bits per heavy atom. The lowest BCUT2D eigenvalue weighted by Crippen LogP contribution is -2.31. The minimum atomic E-state index is -0.268. The number of carbonyl (C=O) groups excluding carboxylic acids is 1. The van der Waals surface area contributed by atoms with Crippen LogP contribution in [-0.2, 0) is 24.5 Å². The van der Waals surface area contributed by atoms with E-state index in [1.165, 1.54) is 17.0 Å². The lowest BCUT2D eigenvalue weighted by atomic mass is 10.1. The van der Waals surface area contributed by atoms with Crippen molar-refractivity contribution in [1.29, 1.82) is 0 Å². The van der Waals surface area contributed by atoms with E-state index >= 15 is 0 Å². The van der Waals surface area contributed by atoms with Crippen molar-refractivity contribution < 1.29 is 9.53 Å². The van der Waals surface area contributed by atoms with Crippen LogP contribution in [0.4, 0.5) is 0 Å². The summed E-state index contributed by atoms with van der Waals surface area (Å²) in [6.45, 7) is 2.78. The fourth-order valence-corrected chi connectivity index (χ4v) is 3.28. The highest BCUT2D eigenvalue weighted by atomic mass is 16.5. The lowest BCUT2D eigenvalue weighted by molar-refractivity contribution is -0.121. The first-order chi connectivity index (χ1) is 16.1. The first-order valence-corrected chi connectivity index (χ1v) is 10.7. The zero-order chi connectivity index (χ0) is 23.0. The van der Waals surface area contributed by atoms with E-state index in [9.17, 15) is 9.59 Å². The Labute approximate surface area is 192 Å². The van der Waals surface area contributed by atoms with Gasteiger partial charge in [0.25, 0.3) is 5.56 Å². The maximum absolute atomic E-state index is 12.4. The normalized spacial score (nSPS) is 10.6. The zero-order valence-corrected chi connectivity index (χ0v) is 18.4. The van der Waals surface area contributed by atoms with Crippen LogP contribution in [0.1, 0.15) is 16.7 Å². The van der Waals surface area contributed by atoms with Crippen molar-refractivity contribution in [2.45, 2.75) is 26.6 Å². The first kappa shape index (κ1) is 22.0. The van der Waals surface area contributed by atoms with Gasteiger partial charge >= 0.3 is 0 Å². The van der Waals surface area contributed by atoms with Gasteiger partial charge in [0, 0.05) is 18.2 Å². The fourth-order valence-electron chi connectivity index (χ4n) is 3.28. The number of amides is 1. The number of hydrogen-bond acceptors (Lipinski definition) is 4. The van der Waals surface area contributed by atoms with Crippen molar-refractivity contribution in [2.24, 2.45) is 0 Å². The average Bonchev–Trinajstić information content (AvgIpc) is 2.84. The summed E-state index contributed by atoms with van der Waals surface area (Å²) >= 11 is 0. The molecule has 4 rings (SSSR count). The van der Waals surface area contributed by atoms with Crippen molar-refractivity contribution in [3.8, 4) is 17.0 Å². The number of nitrogens with one attached hydrogen (secondary N) is 1. The molecule has 0 spiro atoms. The van der Waals surface area contributed by atoms with Crippen molar-refractivity contribution in [3.63, 3.8) is 0 Å². The van der Waals surface area contributed by atoms with Gasteiger partial charge in [-0.3, -0.25) is 14.2 Å². The number of rotatable bonds is 8. The standard InChI is InChI=1S/C27H25N3O3/c1-20-7-11-23(12-8-20)25-15-27(32)30(19-29-25)17-26(31)28-16-21-9-13-24(14-10-21)33-18-22-5-3-2-4-6-22/h2-15,19H,16-18H2,1H3,(H,28,31). The van der Waals surface area contributed by atoms with E-state index in [1.807, 2.05) is 85.8 Å². The molecule has 33 heavy (non-hydrogen) atoms. The second-order valence-electron chi connectivity index (χ2n) is 7.80. The third-order valence-corrected chi connectivity index (χ3v) is 5.20. The molecule has 0 unspecified atom stereocenters. The summed E-state index contributed by atoms with van der Waals surface area (Å²) in [5.74, 6) is 0.506. The van der Waals surface area contributed by atoms with E-state index in [0.717, 1.165) is 28.0 Å². The Kier molecular flexibility index (Phi) is 6.95. The smallest absolute Gasteiger partial charge is 0.254 e. The molecule has 0 bridgehead atoms. The number of carbonyl (C=O) groups is 1. The average molecular weight is 440 g/mol. The molecule has 1 amide bonds. The molecular weight excluding hydrogens is 414 g/mol. The van der Waals surface area contributed by atoms with Crippen LogP contribution < -0.4 is 15.6 Å². The molecular formula is C27H25N3O3. The predicted octanol–water partition coefficient (Wildman–Crippen LogP) is 4.11. The van der Waals surface area contributed by atoms with E-state index in [2.05, 4.69) is 10.3 Å². The largest absolute Gasteiger partial charge is 0.489 e. The molecule has 1 aromatic heterocycles. The predicted molar refractivity (Wildman–Crippen MR) is 128 cm³/mol. The Morgan fingerprint density at radius 2 is 1.67 bits per heavy atom. The molecule has 0 aliphatic heterocycles. The van der Waals surface area contributed by atoms with E-state index in [-0.39, 0.29) is 18.0 Å². The van der Waals surface area contributed by atoms with Gasteiger partial charge in [-0.15, -0.1) is 0 Å². The minimum absolute atomic E-state index is 0.0850. The summed E-state index contributed by atoms with van der Waals surface area (Å²) in [5, 5.41) is 2.84. The monoisotopic (exact) mass is 439 g/mol. The van der Waals surface area contributed by atoms with Gasteiger partial charge in [-0.2, -0.15) is 0 Å². The van der Waals surface area contributed by atoms with Crippen LogP contribution in [0.5, 0.6) is 5.75 Å². The van der Waals surface area contributed by atoms with E-state index in [1.54, 1.807) is 0 Å². The number of aryl methyl sites for hydroxylation is 1. The highest BCUT2D eigenvalue weighted by Gasteiger charge is 2.07. The molecule has 6 heteroatoms.